The molecule has 8 heteroatoms. The molecule has 3 rings (SSSR count). The monoisotopic (exact) mass is 417 g/mol. The zero-order valence-electron chi connectivity index (χ0n) is 15.2. The van der Waals surface area contributed by atoms with Gasteiger partial charge >= 0.3 is 0 Å². The lowest BCUT2D eigenvalue weighted by Crippen LogP contribution is -2.34. The molecule has 0 saturated heterocycles. The summed E-state index contributed by atoms with van der Waals surface area (Å²) in [5.41, 5.74) is 2.80. The molecule has 6 nitrogen and oxygen atoms in total. The maximum absolute atomic E-state index is 12.5. The Morgan fingerprint density at radius 3 is 2.39 bits per heavy atom. The molecule has 0 radical (unpaired) electrons. The van der Waals surface area contributed by atoms with Crippen molar-refractivity contribution in [1.29, 1.82) is 0 Å². The number of halogens is 2. The Kier molecular flexibility index (Phi) is 6.02. The molecule has 1 heterocycles. The van der Waals surface area contributed by atoms with Crippen LogP contribution in [0.25, 0.3) is 11.3 Å². The fourth-order valence-corrected chi connectivity index (χ4v) is 3.00. The number of carbonyl (C=O) groups excluding carboxylic acids is 2. The molecule has 0 bridgehead atoms. The highest BCUT2D eigenvalue weighted by Crippen LogP contribution is 2.29. The number of rotatable bonds is 5. The van der Waals surface area contributed by atoms with Crippen LogP contribution in [-0.2, 0) is 4.79 Å². The average molecular weight is 418 g/mol. The highest BCUT2D eigenvalue weighted by atomic mass is 35.5. The first-order valence-corrected chi connectivity index (χ1v) is 9.14. The molecule has 0 aliphatic rings. The summed E-state index contributed by atoms with van der Waals surface area (Å²) in [6.45, 7) is 1.78. The number of nitrogens with one attached hydrogen (secondary N) is 1. The predicted octanol–water partition coefficient (Wildman–Crippen LogP) is 4.67. The van der Waals surface area contributed by atoms with Crippen LogP contribution in [-0.4, -0.2) is 35.5 Å². The van der Waals surface area contributed by atoms with E-state index in [2.05, 4.69) is 10.5 Å². The van der Waals surface area contributed by atoms with Gasteiger partial charge in [-0.15, -0.1) is 0 Å². The molecule has 2 amide bonds. The summed E-state index contributed by atoms with van der Waals surface area (Å²) in [5.74, 6) is -0.864. The van der Waals surface area contributed by atoms with Crippen molar-refractivity contribution in [3.63, 3.8) is 0 Å². The summed E-state index contributed by atoms with van der Waals surface area (Å²) in [4.78, 5) is 26.0. The first-order chi connectivity index (χ1) is 13.3. The first kappa shape index (κ1) is 19.9. The van der Waals surface area contributed by atoms with E-state index in [1.165, 1.54) is 11.9 Å². The second-order valence-corrected chi connectivity index (χ2v) is 7.06. The summed E-state index contributed by atoms with van der Waals surface area (Å²) < 4.78 is 5.16. The van der Waals surface area contributed by atoms with Gasteiger partial charge in [0.05, 0.1) is 22.3 Å². The zero-order valence-corrected chi connectivity index (χ0v) is 16.7. The lowest BCUT2D eigenvalue weighted by atomic mass is 10.1. The van der Waals surface area contributed by atoms with Gasteiger partial charge in [0.2, 0.25) is 11.7 Å². The van der Waals surface area contributed by atoms with Gasteiger partial charge in [-0.3, -0.25) is 9.59 Å². The van der Waals surface area contributed by atoms with Crippen LogP contribution in [0.1, 0.15) is 16.1 Å². The fourth-order valence-electron chi connectivity index (χ4n) is 2.51. The summed E-state index contributed by atoms with van der Waals surface area (Å²) in [7, 11) is 1.49. The molecule has 1 N–H and O–H groups in total. The minimum absolute atomic E-state index is 0.0432. The van der Waals surface area contributed by atoms with Gasteiger partial charge in [0.1, 0.15) is 5.69 Å². The van der Waals surface area contributed by atoms with Crippen molar-refractivity contribution in [2.45, 2.75) is 6.92 Å². The van der Waals surface area contributed by atoms with Crippen LogP contribution in [0.5, 0.6) is 0 Å². The predicted molar refractivity (Wildman–Crippen MR) is 109 cm³/mol. The first-order valence-electron chi connectivity index (χ1n) is 8.38. The summed E-state index contributed by atoms with van der Waals surface area (Å²) in [6.07, 6.45) is 0. The van der Waals surface area contributed by atoms with Crippen molar-refractivity contribution in [2.75, 3.05) is 18.9 Å². The number of benzene rings is 2. The van der Waals surface area contributed by atoms with Gasteiger partial charge in [0.15, 0.2) is 0 Å². The van der Waals surface area contributed by atoms with Crippen molar-refractivity contribution in [3.05, 3.63) is 69.9 Å². The van der Waals surface area contributed by atoms with E-state index < -0.39 is 11.8 Å². The standard InChI is InChI=1S/C20H17Cl2N3O3/c1-12-6-8-13(9-7-12)16-10-17(28-24-16)20(27)25(2)11-18(26)23-19-14(21)4-3-5-15(19)22/h3-10H,11H2,1-2H3,(H,23,26). The van der Waals surface area contributed by atoms with E-state index in [-0.39, 0.29) is 12.3 Å². The molecule has 0 saturated carbocycles. The number of nitrogens with zero attached hydrogens (tertiary/aromatic N) is 2. The maximum Gasteiger partial charge on any atom is 0.292 e. The van der Waals surface area contributed by atoms with Crippen molar-refractivity contribution in [1.82, 2.24) is 10.1 Å². The lowest BCUT2D eigenvalue weighted by molar-refractivity contribution is -0.116. The molecule has 0 aliphatic heterocycles. The van der Waals surface area contributed by atoms with Gasteiger partial charge in [0.25, 0.3) is 5.91 Å². The van der Waals surface area contributed by atoms with E-state index in [0.717, 1.165) is 11.1 Å². The van der Waals surface area contributed by atoms with Gasteiger partial charge < -0.3 is 14.7 Å². The highest BCUT2D eigenvalue weighted by Gasteiger charge is 2.21. The third-order valence-corrected chi connectivity index (χ3v) is 4.65. The van der Waals surface area contributed by atoms with Gasteiger partial charge in [-0.1, -0.05) is 64.3 Å². The van der Waals surface area contributed by atoms with Crippen LogP contribution in [0.2, 0.25) is 10.0 Å². The lowest BCUT2D eigenvalue weighted by Gasteiger charge is -2.16. The van der Waals surface area contributed by atoms with Crippen LogP contribution < -0.4 is 5.32 Å². The molecule has 144 valence electrons. The van der Waals surface area contributed by atoms with Gasteiger partial charge in [-0.05, 0) is 19.1 Å². The second kappa shape index (κ2) is 8.46. The number of carbonyl (C=O) groups is 2. The van der Waals surface area contributed by atoms with Crippen LogP contribution in [0, 0.1) is 6.92 Å². The topological polar surface area (TPSA) is 75.4 Å². The average Bonchev–Trinajstić information content (AvgIpc) is 3.15. The summed E-state index contributed by atoms with van der Waals surface area (Å²) in [5, 5.41) is 7.17. The molecule has 0 fully saturated rings. The van der Waals surface area contributed by atoms with Crippen LogP contribution in [0.15, 0.2) is 53.1 Å². The molecular formula is C20H17Cl2N3O3. The van der Waals surface area contributed by atoms with Crippen LogP contribution in [0.4, 0.5) is 5.69 Å². The Morgan fingerprint density at radius 2 is 1.75 bits per heavy atom. The number of hydrogen-bond acceptors (Lipinski definition) is 4. The van der Waals surface area contributed by atoms with E-state index in [1.807, 2.05) is 31.2 Å². The second-order valence-electron chi connectivity index (χ2n) is 6.25. The van der Waals surface area contributed by atoms with Crippen molar-refractivity contribution in [2.24, 2.45) is 0 Å². The molecule has 0 unspecified atom stereocenters. The van der Waals surface area contributed by atoms with Crippen molar-refractivity contribution >= 4 is 40.7 Å². The van der Waals surface area contributed by atoms with E-state index in [9.17, 15) is 9.59 Å². The van der Waals surface area contributed by atoms with Crippen molar-refractivity contribution < 1.29 is 14.1 Å². The third kappa shape index (κ3) is 4.52. The minimum Gasteiger partial charge on any atom is -0.350 e. The smallest absolute Gasteiger partial charge is 0.292 e. The van der Waals surface area contributed by atoms with Crippen molar-refractivity contribution in [3.8, 4) is 11.3 Å². The Balaban J connectivity index is 1.66. The number of amides is 2. The SMILES string of the molecule is Cc1ccc(-c2cc(C(=O)N(C)CC(=O)Nc3c(Cl)cccc3Cl)on2)cc1. The molecule has 2 aromatic carbocycles. The van der Waals surface area contributed by atoms with E-state index in [0.29, 0.717) is 21.4 Å². The van der Waals surface area contributed by atoms with Gasteiger partial charge in [0, 0.05) is 18.7 Å². The number of hydrogen-bond donors (Lipinski definition) is 1. The molecule has 0 atom stereocenters. The molecule has 0 aliphatic carbocycles. The zero-order chi connectivity index (χ0) is 20.3. The molecule has 28 heavy (non-hydrogen) atoms. The number of aromatic nitrogens is 1. The molecule has 3 aromatic rings. The highest BCUT2D eigenvalue weighted by molar-refractivity contribution is 6.39. The Morgan fingerprint density at radius 1 is 1.11 bits per heavy atom. The molecular weight excluding hydrogens is 401 g/mol. The summed E-state index contributed by atoms with van der Waals surface area (Å²) >= 11 is 12.1. The fraction of sp³-hybridized carbons (Fsp3) is 0.150. The molecule has 1 aromatic heterocycles. The van der Waals surface area contributed by atoms with E-state index >= 15 is 0 Å². The Hall–Kier alpha value is -2.83. The Bertz CT molecular complexity index is 996. The van der Waals surface area contributed by atoms with Gasteiger partial charge in [-0.2, -0.15) is 0 Å². The summed E-state index contributed by atoms with van der Waals surface area (Å²) in [6, 6.07) is 14.1. The van der Waals surface area contributed by atoms with Crippen LogP contribution >= 0.6 is 23.2 Å². The maximum atomic E-state index is 12.5. The number of aryl methyl sites for hydroxylation is 1. The van der Waals surface area contributed by atoms with Gasteiger partial charge in [-0.25, -0.2) is 0 Å². The number of para-hydroxylation sites is 1. The quantitative estimate of drug-likeness (QED) is 0.654. The minimum atomic E-state index is -0.466. The van der Waals surface area contributed by atoms with E-state index in [4.69, 9.17) is 27.7 Å². The Labute approximate surface area is 172 Å². The van der Waals surface area contributed by atoms with Crippen LogP contribution in [0.3, 0.4) is 0 Å². The third-order valence-electron chi connectivity index (χ3n) is 4.02. The van der Waals surface area contributed by atoms with E-state index in [1.54, 1.807) is 24.3 Å². The number of anilines is 1. The molecule has 0 spiro atoms. The normalized spacial score (nSPS) is 10.6. The largest absolute Gasteiger partial charge is 0.350 e. The number of likely N-dealkylation sites (N-methyl/N-ethyl adjacent to an activating group) is 1.